The van der Waals surface area contributed by atoms with Crippen molar-refractivity contribution in [1.29, 1.82) is 0 Å². The molecule has 0 amide bonds. The zero-order valence-electron chi connectivity index (χ0n) is 10.6. The van der Waals surface area contributed by atoms with E-state index in [2.05, 4.69) is 15.0 Å². The van der Waals surface area contributed by atoms with Gasteiger partial charge in [0.1, 0.15) is 0 Å². The van der Waals surface area contributed by atoms with E-state index in [4.69, 9.17) is 5.73 Å². The second-order valence-corrected chi connectivity index (χ2v) is 3.91. The molecule has 0 radical (unpaired) electrons. The fourth-order valence-corrected chi connectivity index (χ4v) is 1.76. The normalized spacial score (nSPS) is 11.8. The molecular formula is C12H12N4O4. The van der Waals surface area contributed by atoms with Gasteiger partial charge in [-0.25, -0.2) is 14.3 Å². The van der Waals surface area contributed by atoms with Crippen LogP contribution in [0.1, 0.15) is 22.1 Å². The van der Waals surface area contributed by atoms with Crippen LogP contribution in [0.15, 0.2) is 30.3 Å². The molecule has 1 heterocycles. The Morgan fingerprint density at radius 2 is 2.00 bits per heavy atom. The molecular weight excluding hydrogens is 264 g/mol. The summed E-state index contributed by atoms with van der Waals surface area (Å²) in [5.74, 6) is -2.09. The number of carbonyl (C=O) groups is 2. The van der Waals surface area contributed by atoms with E-state index in [1.807, 2.05) is 0 Å². The van der Waals surface area contributed by atoms with Crippen LogP contribution in [0, 0.1) is 0 Å². The Bertz CT molecular complexity index is 638. The Morgan fingerprint density at radius 3 is 2.55 bits per heavy atom. The summed E-state index contributed by atoms with van der Waals surface area (Å²) < 4.78 is 5.47. The van der Waals surface area contributed by atoms with Crippen molar-refractivity contribution in [2.24, 2.45) is 0 Å². The maximum absolute atomic E-state index is 11.4. The maximum Gasteiger partial charge on any atom is 0.362 e. The first-order valence-electron chi connectivity index (χ1n) is 5.63. The van der Waals surface area contributed by atoms with Crippen molar-refractivity contribution in [2.45, 2.75) is 6.04 Å². The summed E-state index contributed by atoms with van der Waals surface area (Å²) >= 11 is 0. The highest BCUT2D eigenvalue weighted by atomic mass is 16.5. The largest absolute Gasteiger partial charge is 0.479 e. The number of rotatable bonds is 4. The van der Waals surface area contributed by atoms with Gasteiger partial charge in [-0.15, -0.1) is 5.10 Å². The Kier molecular flexibility index (Phi) is 3.65. The van der Waals surface area contributed by atoms with Gasteiger partial charge in [0.25, 0.3) is 0 Å². The number of carboxylic acids is 1. The molecule has 0 spiro atoms. The van der Waals surface area contributed by atoms with Crippen LogP contribution in [-0.2, 0) is 9.53 Å². The predicted octanol–water partition coefficient (Wildman–Crippen LogP) is 0.321. The Balaban J connectivity index is 2.49. The topological polar surface area (TPSA) is 120 Å². The summed E-state index contributed by atoms with van der Waals surface area (Å²) in [4.78, 5) is 22.9. The zero-order valence-corrected chi connectivity index (χ0v) is 10.6. The molecule has 0 bridgehead atoms. The third-order valence-electron chi connectivity index (χ3n) is 2.70. The summed E-state index contributed by atoms with van der Waals surface area (Å²) in [6, 6.07) is 7.23. The number of benzene rings is 1. The molecule has 2 aromatic rings. The monoisotopic (exact) mass is 276 g/mol. The average Bonchev–Trinajstić information content (AvgIpc) is 2.81. The number of hydrogen-bond acceptors (Lipinski definition) is 6. The molecule has 2 rings (SSSR count). The van der Waals surface area contributed by atoms with Crippen molar-refractivity contribution in [1.82, 2.24) is 15.0 Å². The fourth-order valence-electron chi connectivity index (χ4n) is 1.76. The van der Waals surface area contributed by atoms with Gasteiger partial charge in [0, 0.05) is 0 Å². The number of aliphatic carboxylic acids is 1. The van der Waals surface area contributed by atoms with Crippen LogP contribution in [0.4, 0.5) is 5.82 Å². The number of nitrogens with zero attached hydrogens (tertiary/aromatic N) is 3. The minimum absolute atomic E-state index is 0.159. The molecule has 20 heavy (non-hydrogen) atoms. The van der Waals surface area contributed by atoms with Crippen LogP contribution < -0.4 is 5.73 Å². The number of nitrogen functional groups attached to an aromatic ring is 1. The van der Waals surface area contributed by atoms with Crippen molar-refractivity contribution in [3.8, 4) is 0 Å². The lowest BCUT2D eigenvalue weighted by Gasteiger charge is -2.13. The molecule has 0 fully saturated rings. The van der Waals surface area contributed by atoms with E-state index in [1.54, 1.807) is 30.3 Å². The van der Waals surface area contributed by atoms with Crippen molar-refractivity contribution < 1.29 is 19.4 Å². The second kappa shape index (κ2) is 5.39. The zero-order chi connectivity index (χ0) is 14.7. The molecule has 0 aliphatic rings. The maximum atomic E-state index is 11.4. The first-order chi connectivity index (χ1) is 9.56. The standard InChI is InChI=1S/C12H12N4O4/c1-20-12(19)8-10(13)16(15-14-8)9(11(17)18)7-5-3-2-4-6-7/h2-6,9H,13H2,1H3,(H,17,18). The summed E-state index contributed by atoms with van der Waals surface area (Å²) in [6.45, 7) is 0. The van der Waals surface area contributed by atoms with E-state index in [-0.39, 0.29) is 11.5 Å². The van der Waals surface area contributed by atoms with E-state index in [1.165, 1.54) is 7.11 Å². The number of carboxylic acid groups (broad SMARTS) is 1. The lowest BCUT2D eigenvalue weighted by molar-refractivity contribution is -0.139. The molecule has 0 saturated carbocycles. The van der Waals surface area contributed by atoms with Crippen LogP contribution in [0.3, 0.4) is 0 Å². The summed E-state index contributed by atoms with van der Waals surface area (Å²) in [5, 5.41) is 16.6. The predicted molar refractivity (Wildman–Crippen MR) is 68.0 cm³/mol. The van der Waals surface area contributed by atoms with E-state index in [0.29, 0.717) is 5.56 Å². The number of carbonyl (C=O) groups excluding carboxylic acids is 1. The highest BCUT2D eigenvalue weighted by Crippen LogP contribution is 2.22. The molecule has 3 N–H and O–H groups in total. The van der Waals surface area contributed by atoms with Crippen molar-refractivity contribution in [3.05, 3.63) is 41.6 Å². The first-order valence-corrected chi connectivity index (χ1v) is 5.63. The number of esters is 1. The number of aromatic nitrogens is 3. The molecule has 1 unspecified atom stereocenters. The van der Waals surface area contributed by atoms with Crippen LogP contribution >= 0.6 is 0 Å². The number of methoxy groups -OCH3 is 1. The van der Waals surface area contributed by atoms with Gasteiger partial charge in [0.05, 0.1) is 7.11 Å². The minimum Gasteiger partial charge on any atom is -0.479 e. The molecule has 8 heteroatoms. The van der Waals surface area contributed by atoms with Crippen molar-refractivity contribution >= 4 is 17.8 Å². The number of nitrogens with two attached hydrogens (primary N) is 1. The Morgan fingerprint density at radius 1 is 1.35 bits per heavy atom. The fraction of sp³-hybridized carbons (Fsp3) is 0.167. The molecule has 0 saturated heterocycles. The van der Waals surface area contributed by atoms with Crippen LogP contribution in [0.25, 0.3) is 0 Å². The molecule has 104 valence electrons. The third-order valence-corrected chi connectivity index (χ3v) is 2.70. The van der Waals surface area contributed by atoms with E-state index in [0.717, 1.165) is 4.68 Å². The van der Waals surface area contributed by atoms with Gasteiger partial charge in [0.2, 0.25) is 5.69 Å². The van der Waals surface area contributed by atoms with Gasteiger partial charge in [-0.2, -0.15) is 0 Å². The number of anilines is 1. The van der Waals surface area contributed by atoms with E-state index in [9.17, 15) is 14.7 Å². The molecule has 1 aromatic heterocycles. The van der Waals surface area contributed by atoms with Gasteiger partial charge in [0.15, 0.2) is 11.9 Å². The highest BCUT2D eigenvalue weighted by molar-refractivity contribution is 5.92. The Labute approximate surface area is 113 Å². The smallest absolute Gasteiger partial charge is 0.362 e. The lowest BCUT2D eigenvalue weighted by atomic mass is 10.1. The summed E-state index contributed by atoms with van der Waals surface area (Å²) in [5.41, 5.74) is 5.98. The van der Waals surface area contributed by atoms with Crippen molar-refractivity contribution in [3.63, 3.8) is 0 Å². The molecule has 0 aliphatic heterocycles. The third kappa shape index (κ3) is 2.30. The van der Waals surface area contributed by atoms with Crippen LogP contribution in [0.2, 0.25) is 0 Å². The summed E-state index contributed by atoms with van der Waals surface area (Å²) in [6.07, 6.45) is 0. The highest BCUT2D eigenvalue weighted by Gasteiger charge is 2.28. The Hall–Kier alpha value is -2.90. The first kappa shape index (κ1) is 13.5. The molecule has 1 atom stereocenters. The molecule has 0 aliphatic carbocycles. The number of hydrogen-bond donors (Lipinski definition) is 2. The van der Waals surface area contributed by atoms with Gasteiger partial charge < -0.3 is 15.6 Å². The molecule has 1 aromatic carbocycles. The second-order valence-electron chi connectivity index (χ2n) is 3.91. The van der Waals surface area contributed by atoms with E-state index >= 15 is 0 Å². The SMILES string of the molecule is COC(=O)c1nnn(C(C(=O)O)c2ccccc2)c1N. The van der Waals surface area contributed by atoms with Gasteiger partial charge in [-0.3, -0.25) is 0 Å². The summed E-state index contributed by atoms with van der Waals surface area (Å²) in [7, 11) is 1.17. The van der Waals surface area contributed by atoms with E-state index < -0.39 is 18.0 Å². The van der Waals surface area contributed by atoms with Crippen LogP contribution in [-0.4, -0.2) is 39.1 Å². The average molecular weight is 276 g/mol. The quantitative estimate of drug-likeness (QED) is 0.771. The van der Waals surface area contributed by atoms with Crippen LogP contribution in [0.5, 0.6) is 0 Å². The number of ether oxygens (including phenoxy) is 1. The lowest BCUT2D eigenvalue weighted by Crippen LogP contribution is -2.23. The van der Waals surface area contributed by atoms with Crippen molar-refractivity contribution in [2.75, 3.05) is 12.8 Å². The minimum atomic E-state index is -1.16. The van der Waals surface area contributed by atoms with Gasteiger partial charge in [-0.05, 0) is 5.56 Å². The van der Waals surface area contributed by atoms with Gasteiger partial charge in [-0.1, -0.05) is 35.5 Å². The molecule has 8 nitrogen and oxygen atoms in total. The van der Waals surface area contributed by atoms with Gasteiger partial charge >= 0.3 is 11.9 Å².